The Bertz CT molecular complexity index is 1880. The highest BCUT2D eigenvalue weighted by molar-refractivity contribution is 6.14. The van der Waals surface area contributed by atoms with Crippen LogP contribution < -0.4 is 0 Å². The number of aliphatic hydroxyl groups excluding tert-OH is 1. The smallest absolute Gasteiger partial charge is 0.410 e. The van der Waals surface area contributed by atoms with E-state index < -0.39 is 11.0 Å². The van der Waals surface area contributed by atoms with E-state index in [4.69, 9.17) is 4.74 Å². The van der Waals surface area contributed by atoms with Gasteiger partial charge in [0, 0.05) is 33.9 Å². The van der Waals surface area contributed by atoms with E-state index in [2.05, 4.69) is 69.0 Å². The number of aliphatic hydroxyl groups is 1. The van der Waals surface area contributed by atoms with Gasteiger partial charge in [0.2, 0.25) is 0 Å². The first-order chi connectivity index (χ1) is 24.4. The molecular formula is C46H55NO4. The third-order valence-electron chi connectivity index (χ3n) is 17.6. The topological polar surface area (TPSA) is 66.8 Å². The van der Waals surface area contributed by atoms with E-state index in [1.807, 2.05) is 36.4 Å². The molecule has 1 heterocycles. The summed E-state index contributed by atoms with van der Waals surface area (Å²) in [6.07, 6.45) is 16.8. The fourth-order valence-corrected chi connectivity index (χ4v) is 14.7. The fourth-order valence-electron chi connectivity index (χ4n) is 14.7. The van der Waals surface area contributed by atoms with Crippen molar-refractivity contribution < 1.29 is 19.4 Å². The summed E-state index contributed by atoms with van der Waals surface area (Å²) in [6, 6.07) is 18.4. The van der Waals surface area contributed by atoms with Crippen LogP contribution in [0.25, 0.3) is 11.1 Å². The molecule has 4 bridgehead atoms. The summed E-state index contributed by atoms with van der Waals surface area (Å²) in [7, 11) is 0. The number of hydrogen-bond donors (Lipinski definition) is 1. The quantitative estimate of drug-likeness (QED) is 0.252. The second-order valence-corrected chi connectivity index (χ2v) is 19.5. The molecular weight excluding hydrogens is 631 g/mol. The molecule has 10 aliphatic rings. The number of carbonyl (C=O) groups is 2. The maximum Gasteiger partial charge on any atom is 0.410 e. The van der Waals surface area contributed by atoms with Crippen LogP contribution in [0.15, 0.2) is 78.4 Å². The Morgan fingerprint density at radius 3 is 2.37 bits per heavy atom. The van der Waals surface area contributed by atoms with Crippen LogP contribution in [0, 0.1) is 56.7 Å². The van der Waals surface area contributed by atoms with Gasteiger partial charge in [0.05, 0.1) is 12.6 Å². The molecule has 1 amide bonds. The summed E-state index contributed by atoms with van der Waals surface area (Å²) in [4.78, 5) is 31.5. The van der Waals surface area contributed by atoms with Gasteiger partial charge in [-0.25, -0.2) is 4.79 Å². The van der Waals surface area contributed by atoms with Crippen molar-refractivity contribution in [2.45, 2.75) is 104 Å². The first kappa shape index (κ1) is 32.5. The summed E-state index contributed by atoms with van der Waals surface area (Å²) < 4.78 is 6.75. The van der Waals surface area contributed by atoms with Gasteiger partial charge >= 0.3 is 6.09 Å². The second-order valence-electron chi connectivity index (χ2n) is 19.5. The van der Waals surface area contributed by atoms with Gasteiger partial charge in [-0.05, 0) is 116 Å². The Hall–Kier alpha value is -3.18. The molecule has 7 fully saturated rings. The highest BCUT2D eigenvalue weighted by Gasteiger charge is 2.76. The Morgan fingerprint density at radius 2 is 1.59 bits per heavy atom. The van der Waals surface area contributed by atoms with Crippen molar-refractivity contribution in [2.75, 3.05) is 13.1 Å². The zero-order chi connectivity index (χ0) is 35.2. The van der Waals surface area contributed by atoms with Gasteiger partial charge in [-0.3, -0.25) is 4.79 Å². The number of ketones is 1. The molecule has 5 heteroatoms. The molecule has 0 aromatic heterocycles. The SMILES string of the molecule is CC1(C)C2CCC(CN3CC4(CCC5C67C=CC8(C=C6C(=O)c6ccccc6-c6ccccc6)CC(O)CCC8(C)C7CCC54C)OC3=O)C1C2. The minimum absolute atomic E-state index is 0.0480. The molecule has 0 radical (unpaired) electrons. The van der Waals surface area contributed by atoms with Crippen molar-refractivity contribution in [3.05, 3.63) is 84.0 Å². The van der Waals surface area contributed by atoms with Gasteiger partial charge in [-0.15, -0.1) is 0 Å². The van der Waals surface area contributed by atoms with Crippen molar-refractivity contribution in [1.82, 2.24) is 4.90 Å². The average molecular weight is 686 g/mol. The molecule has 268 valence electrons. The van der Waals surface area contributed by atoms with Crippen molar-refractivity contribution in [2.24, 2.45) is 56.7 Å². The van der Waals surface area contributed by atoms with Crippen molar-refractivity contribution in [3.63, 3.8) is 0 Å². The number of Topliss-reactive ketones (excluding diaryl/α,β-unsaturated/α-hetero) is 1. The van der Waals surface area contributed by atoms with E-state index in [-0.39, 0.29) is 46.1 Å². The zero-order valence-electron chi connectivity index (χ0n) is 31.0. The highest BCUT2D eigenvalue weighted by Crippen LogP contribution is 2.79. The van der Waals surface area contributed by atoms with Crippen LogP contribution in [0.2, 0.25) is 0 Å². The predicted molar refractivity (Wildman–Crippen MR) is 199 cm³/mol. The number of allylic oxidation sites excluding steroid dienone is 4. The molecule has 1 saturated heterocycles. The van der Waals surface area contributed by atoms with Crippen LogP contribution in [-0.2, 0) is 4.74 Å². The van der Waals surface area contributed by atoms with Crippen LogP contribution in [0.3, 0.4) is 0 Å². The first-order valence-corrected chi connectivity index (χ1v) is 20.2. The lowest BCUT2D eigenvalue weighted by molar-refractivity contribution is -0.164. The van der Waals surface area contributed by atoms with Gasteiger partial charge in [0.15, 0.2) is 5.78 Å². The van der Waals surface area contributed by atoms with Crippen molar-refractivity contribution in [1.29, 1.82) is 0 Å². The monoisotopic (exact) mass is 685 g/mol. The van der Waals surface area contributed by atoms with Gasteiger partial charge in [-0.1, -0.05) is 101 Å². The second kappa shape index (κ2) is 10.5. The Balaban J connectivity index is 1.05. The standard InChI is InChI=1S/C46H55NO4/c1-41(2)31-15-14-30(35(41)24-31)27-47-28-45(51-40(47)50)21-18-38-43(45,4)20-17-37-42(3)19-16-32(48)25-44(42)22-23-46(37,38)36(26-44)39(49)34-13-9-8-12-33(34)29-10-6-5-7-11-29/h5-13,22-23,26,30-32,35,37-38,48H,14-21,24-25,27-28H2,1-4H3. The summed E-state index contributed by atoms with van der Waals surface area (Å²) in [5.74, 6) is 2.68. The molecule has 5 nitrogen and oxygen atoms in total. The molecule has 11 unspecified atom stereocenters. The number of ether oxygens (including phenoxy) is 1. The Morgan fingerprint density at radius 1 is 0.863 bits per heavy atom. The van der Waals surface area contributed by atoms with E-state index in [1.54, 1.807) is 0 Å². The molecule has 1 N–H and O–H groups in total. The normalized spacial score (nSPS) is 45.4. The predicted octanol–water partition coefficient (Wildman–Crippen LogP) is 9.66. The minimum atomic E-state index is -0.541. The summed E-state index contributed by atoms with van der Waals surface area (Å²) in [5.41, 5.74) is 2.44. The lowest BCUT2D eigenvalue weighted by Crippen LogP contribution is -2.67. The first-order valence-electron chi connectivity index (χ1n) is 20.2. The number of amides is 1. The van der Waals surface area contributed by atoms with Crippen molar-refractivity contribution in [3.8, 4) is 11.1 Å². The van der Waals surface area contributed by atoms with Gasteiger partial charge in [-0.2, -0.15) is 0 Å². The number of fused-ring (bicyclic) bond motifs is 4. The molecule has 9 aliphatic carbocycles. The molecule has 6 saturated carbocycles. The van der Waals surface area contributed by atoms with Gasteiger partial charge in [0.25, 0.3) is 0 Å². The molecule has 11 atom stereocenters. The molecule has 2 aromatic rings. The van der Waals surface area contributed by atoms with Crippen LogP contribution in [0.5, 0.6) is 0 Å². The number of benzene rings is 2. The van der Waals surface area contributed by atoms with E-state index in [9.17, 15) is 9.90 Å². The molecule has 12 rings (SSSR count). The number of rotatable bonds is 5. The lowest BCUT2D eigenvalue weighted by atomic mass is 9.32. The van der Waals surface area contributed by atoms with Gasteiger partial charge < -0.3 is 14.7 Å². The molecule has 2 aromatic carbocycles. The van der Waals surface area contributed by atoms with Crippen molar-refractivity contribution >= 4 is 11.9 Å². The minimum Gasteiger partial charge on any atom is -0.440 e. The summed E-state index contributed by atoms with van der Waals surface area (Å²) in [6.45, 7) is 11.3. The molecule has 3 spiro atoms. The van der Waals surface area contributed by atoms with E-state index in [0.29, 0.717) is 30.2 Å². The third kappa shape index (κ3) is 3.98. The summed E-state index contributed by atoms with van der Waals surface area (Å²) in [5, 5.41) is 11.1. The van der Waals surface area contributed by atoms with Gasteiger partial charge in [0.1, 0.15) is 5.60 Å². The average Bonchev–Trinajstić information content (AvgIpc) is 3.61. The third-order valence-corrected chi connectivity index (χ3v) is 17.6. The Labute approximate surface area is 303 Å². The Kier molecular flexibility index (Phi) is 6.68. The molecule has 1 aliphatic heterocycles. The maximum absolute atomic E-state index is 15.5. The van der Waals surface area contributed by atoms with E-state index in [1.165, 1.54) is 19.3 Å². The van der Waals surface area contributed by atoms with Crippen LogP contribution in [-0.4, -0.2) is 46.7 Å². The van der Waals surface area contributed by atoms with E-state index >= 15 is 4.79 Å². The number of nitrogens with zero attached hydrogens (tertiary/aromatic N) is 1. The highest BCUT2D eigenvalue weighted by atomic mass is 16.6. The maximum atomic E-state index is 15.5. The number of carbonyl (C=O) groups excluding carboxylic acids is 2. The van der Waals surface area contributed by atoms with Crippen LogP contribution in [0.4, 0.5) is 4.79 Å². The molecule has 51 heavy (non-hydrogen) atoms. The number of hydrogen-bond acceptors (Lipinski definition) is 4. The summed E-state index contributed by atoms with van der Waals surface area (Å²) >= 11 is 0. The lowest BCUT2D eigenvalue weighted by Gasteiger charge is -2.71. The fraction of sp³-hybridized carbons (Fsp3) is 0.609. The largest absolute Gasteiger partial charge is 0.440 e. The van der Waals surface area contributed by atoms with Crippen LogP contribution >= 0.6 is 0 Å². The zero-order valence-corrected chi connectivity index (χ0v) is 31.0. The van der Waals surface area contributed by atoms with E-state index in [0.717, 1.165) is 73.3 Å². The van der Waals surface area contributed by atoms with Crippen LogP contribution in [0.1, 0.15) is 102 Å².